The van der Waals surface area contributed by atoms with Crippen LogP contribution in [0.3, 0.4) is 0 Å². The van der Waals surface area contributed by atoms with Crippen molar-refractivity contribution in [2.45, 2.75) is 38.1 Å². The number of unbranched alkanes of at least 4 members (excludes halogenated alkanes) is 2. The van der Waals surface area contributed by atoms with E-state index < -0.39 is 0 Å². The van der Waals surface area contributed by atoms with Gasteiger partial charge in [-0.2, -0.15) is 0 Å². The van der Waals surface area contributed by atoms with Gasteiger partial charge in [0.1, 0.15) is 0 Å². The monoisotopic (exact) mass is 170 g/mol. The molecule has 2 nitrogen and oxygen atoms in total. The molecule has 0 saturated heterocycles. The molecule has 0 bridgehead atoms. The first-order valence-corrected chi connectivity index (χ1v) is 5.19. The lowest BCUT2D eigenvalue weighted by molar-refractivity contribution is 0.315. The van der Waals surface area contributed by atoms with Gasteiger partial charge in [0.15, 0.2) is 0 Å². The number of hydrogen-bond acceptors (Lipinski definition) is 2. The van der Waals surface area contributed by atoms with Crippen LogP contribution in [0, 0.1) is 0 Å². The van der Waals surface area contributed by atoms with Gasteiger partial charge in [-0.3, -0.25) is 0 Å². The maximum atomic E-state index is 3.18. The Labute approximate surface area is 76.3 Å². The van der Waals surface area contributed by atoms with Crippen LogP contribution in [-0.4, -0.2) is 38.1 Å². The SMILES string of the molecule is CNCCCCCN(C)C1CC1. The summed E-state index contributed by atoms with van der Waals surface area (Å²) < 4.78 is 0. The lowest BCUT2D eigenvalue weighted by Gasteiger charge is -2.14. The van der Waals surface area contributed by atoms with E-state index in [0.717, 1.165) is 6.04 Å². The second-order valence-electron chi connectivity index (χ2n) is 3.88. The third-order valence-corrected chi connectivity index (χ3v) is 2.61. The van der Waals surface area contributed by atoms with Gasteiger partial charge >= 0.3 is 0 Å². The van der Waals surface area contributed by atoms with Crippen molar-refractivity contribution in [2.24, 2.45) is 0 Å². The summed E-state index contributed by atoms with van der Waals surface area (Å²) in [5, 5.41) is 3.18. The first kappa shape index (κ1) is 10.0. The third-order valence-electron chi connectivity index (χ3n) is 2.61. The van der Waals surface area contributed by atoms with Gasteiger partial charge in [-0.15, -0.1) is 0 Å². The van der Waals surface area contributed by atoms with E-state index in [4.69, 9.17) is 0 Å². The highest BCUT2D eigenvalue weighted by atomic mass is 15.1. The van der Waals surface area contributed by atoms with Crippen molar-refractivity contribution >= 4 is 0 Å². The highest BCUT2D eigenvalue weighted by Gasteiger charge is 2.25. The van der Waals surface area contributed by atoms with Gasteiger partial charge in [0, 0.05) is 6.04 Å². The van der Waals surface area contributed by atoms with Gasteiger partial charge in [0.05, 0.1) is 0 Å². The van der Waals surface area contributed by atoms with Gasteiger partial charge in [0.25, 0.3) is 0 Å². The molecule has 0 aromatic heterocycles. The molecule has 0 heterocycles. The van der Waals surface area contributed by atoms with Gasteiger partial charge in [0.2, 0.25) is 0 Å². The minimum Gasteiger partial charge on any atom is -0.320 e. The van der Waals surface area contributed by atoms with Crippen LogP contribution in [0.2, 0.25) is 0 Å². The minimum absolute atomic E-state index is 0.939. The molecular weight excluding hydrogens is 148 g/mol. The van der Waals surface area contributed by atoms with Crippen LogP contribution in [0.25, 0.3) is 0 Å². The van der Waals surface area contributed by atoms with Gasteiger partial charge in [-0.1, -0.05) is 6.42 Å². The zero-order chi connectivity index (χ0) is 8.81. The summed E-state index contributed by atoms with van der Waals surface area (Å²) in [6.07, 6.45) is 6.95. The van der Waals surface area contributed by atoms with E-state index in [-0.39, 0.29) is 0 Å². The van der Waals surface area contributed by atoms with Crippen LogP contribution in [0.5, 0.6) is 0 Å². The predicted molar refractivity (Wildman–Crippen MR) is 53.4 cm³/mol. The molecule has 1 saturated carbocycles. The molecule has 0 aliphatic heterocycles. The van der Waals surface area contributed by atoms with Crippen LogP contribution < -0.4 is 5.32 Å². The topological polar surface area (TPSA) is 15.3 Å². The molecule has 0 aromatic carbocycles. The van der Waals surface area contributed by atoms with Crippen molar-refractivity contribution in [2.75, 3.05) is 27.2 Å². The molecule has 0 aromatic rings. The maximum Gasteiger partial charge on any atom is 0.00933 e. The van der Waals surface area contributed by atoms with Crippen LogP contribution >= 0.6 is 0 Å². The summed E-state index contributed by atoms with van der Waals surface area (Å²) in [7, 11) is 4.28. The fraction of sp³-hybridized carbons (Fsp3) is 1.00. The molecular formula is C10H22N2. The largest absolute Gasteiger partial charge is 0.320 e. The summed E-state index contributed by atoms with van der Waals surface area (Å²) >= 11 is 0. The third kappa shape index (κ3) is 4.07. The van der Waals surface area contributed by atoms with E-state index in [2.05, 4.69) is 17.3 Å². The summed E-state index contributed by atoms with van der Waals surface area (Å²) in [6.45, 7) is 2.47. The molecule has 0 amide bonds. The molecule has 1 aliphatic rings. The second-order valence-corrected chi connectivity index (χ2v) is 3.88. The van der Waals surface area contributed by atoms with E-state index >= 15 is 0 Å². The molecule has 1 fully saturated rings. The minimum atomic E-state index is 0.939. The molecule has 0 atom stereocenters. The van der Waals surface area contributed by atoms with Crippen molar-refractivity contribution in [3.8, 4) is 0 Å². The average molecular weight is 170 g/mol. The molecule has 1 rings (SSSR count). The van der Waals surface area contributed by atoms with Gasteiger partial charge < -0.3 is 10.2 Å². The zero-order valence-electron chi connectivity index (χ0n) is 8.47. The fourth-order valence-corrected chi connectivity index (χ4v) is 1.54. The van der Waals surface area contributed by atoms with Gasteiger partial charge in [-0.25, -0.2) is 0 Å². The van der Waals surface area contributed by atoms with E-state index in [0.29, 0.717) is 0 Å². The first-order valence-electron chi connectivity index (χ1n) is 5.19. The zero-order valence-corrected chi connectivity index (χ0v) is 8.47. The van der Waals surface area contributed by atoms with Crippen molar-refractivity contribution in [1.82, 2.24) is 10.2 Å². The predicted octanol–water partition coefficient (Wildman–Crippen LogP) is 1.47. The fourth-order valence-electron chi connectivity index (χ4n) is 1.54. The van der Waals surface area contributed by atoms with E-state index in [9.17, 15) is 0 Å². The maximum absolute atomic E-state index is 3.18. The summed E-state index contributed by atoms with van der Waals surface area (Å²) in [5.41, 5.74) is 0. The van der Waals surface area contributed by atoms with E-state index in [1.54, 1.807) is 0 Å². The van der Waals surface area contributed by atoms with Crippen molar-refractivity contribution in [1.29, 1.82) is 0 Å². The highest BCUT2D eigenvalue weighted by Crippen LogP contribution is 2.25. The van der Waals surface area contributed by atoms with Crippen LogP contribution in [-0.2, 0) is 0 Å². The first-order chi connectivity index (χ1) is 5.84. The van der Waals surface area contributed by atoms with Crippen LogP contribution in [0.15, 0.2) is 0 Å². The van der Waals surface area contributed by atoms with Crippen molar-refractivity contribution in [3.05, 3.63) is 0 Å². The van der Waals surface area contributed by atoms with Crippen molar-refractivity contribution < 1.29 is 0 Å². The molecule has 12 heavy (non-hydrogen) atoms. The van der Waals surface area contributed by atoms with Crippen molar-refractivity contribution in [3.63, 3.8) is 0 Å². The Morgan fingerprint density at radius 1 is 1.25 bits per heavy atom. The highest BCUT2D eigenvalue weighted by molar-refractivity contribution is 4.81. The smallest absolute Gasteiger partial charge is 0.00933 e. The quantitative estimate of drug-likeness (QED) is 0.582. The molecule has 2 heteroatoms. The molecule has 0 radical (unpaired) electrons. The standard InChI is InChI=1S/C10H22N2/c1-11-8-4-3-5-9-12(2)10-6-7-10/h10-11H,3-9H2,1-2H3. The molecule has 1 aliphatic carbocycles. The molecule has 0 spiro atoms. The molecule has 72 valence electrons. The Balaban J connectivity index is 1.81. The Hall–Kier alpha value is -0.0800. The molecule has 1 N–H and O–H groups in total. The summed E-state index contributed by atoms with van der Waals surface area (Å²) in [4.78, 5) is 2.51. The number of hydrogen-bond donors (Lipinski definition) is 1. The van der Waals surface area contributed by atoms with E-state index in [1.807, 2.05) is 7.05 Å². The number of rotatable bonds is 7. The molecule has 0 unspecified atom stereocenters. The summed E-state index contributed by atoms with van der Waals surface area (Å²) in [5.74, 6) is 0. The average Bonchev–Trinajstić information content (AvgIpc) is 2.86. The Bertz CT molecular complexity index is 110. The number of nitrogens with one attached hydrogen (secondary N) is 1. The van der Waals surface area contributed by atoms with Gasteiger partial charge in [-0.05, 0) is 52.9 Å². The normalized spacial score (nSPS) is 17.2. The lowest BCUT2D eigenvalue weighted by atomic mass is 10.2. The number of nitrogens with zero attached hydrogens (tertiary/aromatic N) is 1. The lowest BCUT2D eigenvalue weighted by Crippen LogP contribution is -2.21. The van der Waals surface area contributed by atoms with Crippen LogP contribution in [0.4, 0.5) is 0 Å². The van der Waals surface area contributed by atoms with Crippen LogP contribution in [0.1, 0.15) is 32.1 Å². The van der Waals surface area contributed by atoms with E-state index in [1.165, 1.54) is 45.2 Å². The summed E-state index contributed by atoms with van der Waals surface area (Å²) in [6, 6.07) is 0.939. The Morgan fingerprint density at radius 2 is 2.00 bits per heavy atom. The second kappa shape index (κ2) is 5.55. The Morgan fingerprint density at radius 3 is 2.58 bits per heavy atom. The Kier molecular flexibility index (Phi) is 4.62.